The zero-order valence-corrected chi connectivity index (χ0v) is 12.7. The molecule has 20 heavy (non-hydrogen) atoms. The van der Waals surface area contributed by atoms with Gasteiger partial charge in [-0.1, -0.05) is 41.9 Å². The third-order valence-electron chi connectivity index (χ3n) is 2.98. The van der Waals surface area contributed by atoms with Gasteiger partial charge >= 0.3 is 0 Å². The molecule has 0 radical (unpaired) electrons. The highest BCUT2D eigenvalue weighted by atomic mass is 35.5. The highest BCUT2D eigenvalue weighted by Gasteiger charge is 2.15. The van der Waals surface area contributed by atoms with Gasteiger partial charge in [0.15, 0.2) is 0 Å². The van der Waals surface area contributed by atoms with Gasteiger partial charge in [0.25, 0.3) is 0 Å². The van der Waals surface area contributed by atoms with Crippen molar-refractivity contribution in [3.8, 4) is 0 Å². The minimum Gasteiger partial charge on any atom is -0.211 e. The summed E-state index contributed by atoms with van der Waals surface area (Å²) in [5.41, 5.74) is 1.74. The molecule has 1 N–H and O–H groups in total. The second kappa shape index (κ2) is 6.39. The molecule has 0 unspecified atom stereocenters. The van der Waals surface area contributed by atoms with Crippen LogP contribution >= 0.6 is 11.6 Å². The first-order valence-electron chi connectivity index (χ1n) is 6.29. The molecule has 0 aromatic heterocycles. The predicted octanol–water partition coefficient (Wildman–Crippen LogP) is 3.17. The number of sulfonamides is 1. The number of rotatable bonds is 5. The van der Waals surface area contributed by atoms with Gasteiger partial charge in [-0.3, -0.25) is 0 Å². The van der Waals surface area contributed by atoms with Crippen LogP contribution in [0.3, 0.4) is 0 Å². The summed E-state index contributed by atoms with van der Waals surface area (Å²) in [7, 11) is -3.45. The van der Waals surface area contributed by atoms with Crippen molar-refractivity contribution in [3.05, 3.63) is 64.7 Å². The van der Waals surface area contributed by atoms with Crippen LogP contribution in [-0.2, 0) is 16.4 Å². The van der Waals surface area contributed by atoms with Crippen molar-refractivity contribution < 1.29 is 8.42 Å². The average Bonchev–Trinajstić information content (AvgIpc) is 2.39. The van der Waals surface area contributed by atoms with Gasteiger partial charge in [0.1, 0.15) is 0 Å². The Balaban J connectivity index is 2.02. The van der Waals surface area contributed by atoms with E-state index in [9.17, 15) is 8.42 Å². The standard InChI is InChI=1S/C15H16ClNO2S/c1-12-5-2-3-8-15(12)20(18,19)17-10-9-13-6-4-7-14(16)11-13/h2-8,11,17H,9-10H2,1H3. The van der Waals surface area contributed by atoms with Crippen molar-refractivity contribution in [2.75, 3.05) is 6.54 Å². The Morgan fingerprint density at radius 2 is 1.85 bits per heavy atom. The van der Waals surface area contributed by atoms with Gasteiger partial charge in [0.05, 0.1) is 4.90 Å². The fraction of sp³-hybridized carbons (Fsp3) is 0.200. The van der Waals surface area contributed by atoms with E-state index in [1.54, 1.807) is 31.2 Å². The molecular formula is C15H16ClNO2S. The molecule has 0 saturated carbocycles. The third-order valence-corrected chi connectivity index (χ3v) is 4.83. The molecule has 0 fully saturated rings. The van der Waals surface area contributed by atoms with Gasteiger partial charge in [-0.2, -0.15) is 0 Å². The Bertz CT molecular complexity index is 699. The predicted molar refractivity (Wildman–Crippen MR) is 81.5 cm³/mol. The largest absolute Gasteiger partial charge is 0.240 e. The maximum absolute atomic E-state index is 12.2. The molecule has 2 rings (SSSR count). The molecular weight excluding hydrogens is 294 g/mol. The Morgan fingerprint density at radius 3 is 2.55 bits per heavy atom. The van der Waals surface area contributed by atoms with Gasteiger partial charge in [-0.25, -0.2) is 13.1 Å². The first kappa shape index (κ1) is 15.0. The van der Waals surface area contributed by atoms with Gasteiger partial charge in [-0.05, 0) is 42.7 Å². The highest BCUT2D eigenvalue weighted by Crippen LogP contribution is 2.14. The number of halogens is 1. The van der Waals surface area contributed by atoms with Crippen molar-refractivity contribution in [2.45, 2.75) is 18.2 Å². The van der Waals surface area contributed by atoms with Crippen LogP contribution in [0, 0.1) is 6.92 Å². The first-order chi connectivity index (χ1) is 9.49. The van der Waals surface area contributed by atoms with E-state index in [0.717, 1.165) is 11.1 Å². The lowest BCUT2D eigenvalue weighted by Crippen LogP contribution is -2.26. The zero-order valence-electron chi connectivity index (χ0n) is 11.1. The zero-order chi connectivity index (χ0) is 14.6. The molecule has 0 aliphatic rings. The van der Waals surface area contributed by atoms with Crippen LogP contribution in [0.2, 0.25) is 5.02 Å². The maximum Gasteiger partial charge on any atom is 0.240 e. The smallest absolute Gasteiger partial charge is 0.211 e. The maximum atomic E-state index is 12.2. The summed E-state index contributed by atoms with van der Waals surface area (Å²) >= 11 is 5.89. The van der Waals surface area contributed by atoms with Crippen LogP contribution in [0.4, 0.5) is 0 Å². The normalized spacial score (nSPS) is 11.5. The quantitative estimate of drug-likeness (QED) is 0.922. The Morgan fingerprint density at radius 1 is 1.10 bits per heavy atom. The minimum absolute atomic E-state index is 0.325. The SMILES string of the molecule is Cc1ccccc1S(=O)(=O)NCCc1cccc(Cl)c1. The summed E-state index contributed by atoms with van der Waals surface area (Å²) in [5, 5.41) is 0.657. The molecule has 2 aromatic rings. The molecule has 0 spiro atoms. The molecule has 0 bridgehead atoms. The molecule has 3 nitrogen and oxygen atoms in total. The van der Waals surface area contributed by atoms with Gasteiger partial charge in [-0.15, -0.1) is 0 Å². The lowest BCUT2D eigenvalue weighted by atomic mass is 10.2. The summed E-state index contributed by atoms with van der Waals surface area (Å²) in [6, 6.07) is 14.3. The van der Waals surface area contributed by atoms with E-state index in [-0.39, 0.29) is 0 Å². The Kier molecular flexibility index (Phi) is 4.81. The molecule has 0 aliphatic carbocycles. The highest BCUT2D eigenvalue weighted by molar-refractivity contribution is 7.89. The number of benzene rings is 2. The van der Waals surface area contributed by atoms with E-state index in [4.69, 9.17) is 11.6 Å². The van der Waals surface area contributed by atoms with Crippen LogP contribution in [0.15, 0.2) is 53.4 Å². The molecule has 0 aliphatic heterocycles. The Hall–Kier alpha value is -1.36. The summed E-state index contributed by atoms with van der Waals surface area (Å²) in [6.07, 6.45) is 0.603. The van der Waals surface area contributed by atoms with Crippen LogP contribution in [0.5, 0.6) is 0 Å². The van der Waals surface area contributed by atoms with Crippen LogP contribution in [0.25, 0.3) is 0 Å². The summed E-state index contributed by atoms with van der Waals surface area (Å²) in [6.45, 7) is 2.13. The summed E-state index contributed by atoms with van der Waals surface area (Å²) < 4.78 is 27.0. The van der Waals surface area contributed by atoms with Gasteiger partial charge in [0, 0.05) is 11.6 Å². The fourth-order valence-electron chi connectivity index (χ4n) is 1.96. The van der Waals surface area contributed by atoms with Crippen molar-refractivity contribution >= 4 is 21.6 Å². The van der Waals surface area contributed by atoms with Gasteiger partial charge < -0.3 is 0 Å². The fourth-order valence-corrected chi connectivity index (χ4v) is 3.45. The monoisotopic (exact) mass is 309 g/mol. The molecule has 0 saturated heterocycles. The van der Waals surface area contributed by atoms with Gasteiger partial charge in [0.2, 0.25) is 10.0 Å². The van der Waals surface area contributed by atoms with Crippen molar-refractivity contribution in [2.24, 2.45) is 0 Å². The van der Waals surface area contributed by atoms with E-state index in [0.29, 0.717) is 22.9 Å². The Labute approximate surface area is 124 Å². The lowest BCUT2D eigenvalue weighted by Gasteiger charge is -2.09. The van der Waals surface area contributed by atoms with Crippen LogP contribution in [-0.4, -0.2) is 15.0 Å². The first-order valence-corrected chi connectivity index (χ1v) is 8.15. The van der Waals surface area contributed by atoms with Crippen molar-refractivity contribution in [1.82, 2.24) is 4.72 Å². The van der Waals surface area contributed by atoms with Crippen LogP contribution < -0.4 is 4.72 Å². The van der Waals surface area contributed by atoms with Crippen molar-refractivity contribution in [3.63, 3.8) is 0 Å². The number of hydrogen-bond donors (Lipinski definition) is 1. The molecule has 0 heterocycles. The molecule has 0 amide bonds. The second-order valence-corrected chi connectivity index (χ2v) is 6.72. The number of aryl methyl sites for hydroxylation is 1. The summed E-state index contributed by atoms with van der Waals surface area (Å²) in [5.74, 6) is 0. The van der Waals surface area contributed by atoms with E-state index in [1.165, 1.54) is 0 Å². The minimum atomic E-state index is -3.45. The number of hydrogen-bond acceptors (Lipinski definition) is 2. The second-order valence-electron chi connectivity index (χ2n) is 4.54. The van der Waals surface area contributed by atoms with Crippen LogP contribution in [0.1, 0.15) is 11.1 Å². The van der Waals surface area contributed by atoms with E-state index in [2.05, 4.69) is 4.72 Å². The number of nitrogens with one attached hydrogen (secondary N) is 1. The van der Waals surface area contributed by atoms with E-state index in [1.807, 2.05) is 24.3 Å². The third kappa shape index (κ3) is 3.82. The van der Waals surface area contributed by atoms with E-state index >= 15 is 0 Å². The van der Waals surface area contributed by atoms with Crippen molar-refractivity contribution in [1.29, 1.82) is 0 Å². The molecule has 106 valence electrons. The molecule has 0 atom stereocenters. The topological polar surface area (TPSA) is 46.2 Å². The average molecular weight is 310 g/mol. The molecule has 2 aromatic carbocycles. The lowest BCUT2D eigenvalue weighted by molar-refractivity contribution is 0.581. The van der Waals surface area contributed by atoms with E-state index < -0.39 is 10.0 Å². The molecule has 5 heteroatoms. The summed E-state index contributed by atoms with van der Waals surface area (Å²) in [4.78, 5) is 0.325.